The molecule has 25 heavy (non-hydrogen) atoms. The normalized spacial score (nSPS) is 29.0. The second-order valence-electron chi connectivity index (χ2n) is 8.38. The van der Waals surface area contributed by atoms with E-state index in [-0.39, 0.29) is 5.41 Å². The van der Waals surface area contributed by atoms with Crippen LogP contribution in [0.15, 0.2) is 24.3 Å². The van der Waals surface area contributed by atoms with Crippen molar-refractivity contribution >= 4 is 11.6 Å². The number of likely N-dealkylation sites (tertiary alicyclic amines) is 2. The lowest BCUT2D eigenvalue weighted by Gasteiger charge is -2.40. The van der Waals surface area contributed by atoms with E-state index in [9.17, 15) is 4.79 Å². The number of aryl methyl sites for hydroxylation is 1. The van der Waals surface area contributed by atoms with Crippen LogP contribution >= 0.6 is 0 Å². The van der Waals surface area contributed by atoms with Crippen molar-refractivity contribution in [2.45, 2.75) is 45.1 Å². The number of carbonyl (C=O) groups is 1. The minimum atomic E-state index is -0.0684. The highest BCUT2D eigenvalue weighted by Gasteiger charge is 2.48. The quantitative estimate of drug-likeness (QED) is 0.827. The Morgan fingerprint density at radius 3 is 2.44 bits per heavy atom. The number of amides is 1. The lowest BCUT2D eigenvalue weighted by molar-refractivity contribution is -0.144. The van der Waals surface area contributed by atoms with Gasteiger partial charge in [0.1, 0.15) is 0 Å². The summed E-state index contributed by atoms with van der Waals surface area (Å²) >= 11 is 0. The molecule has 0 radical (unpaired) electrons. The zero-order valence-electron chi connectivity index (χ0n) is 15.7. The molecule has 3 saturated heterocycles. The third-order valence-corrected chi connectivity index (χ3v) is 6.71. The summed E-state index contributed by atoms with van der Waals surface area (Å²) in [5, 5.41) is 0. The summed E-state index contributed by atoms with van der Waals surface area (Å²) in [7, 11) is 1.98. The molecule has 4 nitrogen and oxygen atoms in total. The number of nitrogens with zero attached hydrogens (tertiary/aromatic N) is 3. The molecule has 1 unspecified atom stereocenters. The molecule has 136 valence electrons. The van der Waals surface area contributed by atoms with Gasteiger partial charge < -0.3 is 9.80 Å². The van der Waals surface area contributed by atoms with E-state index < -0.39 is 0 Å². The van der Waals surface area contributed by atoms with Crippen LogP contribution < -0.4 is 4.90 Å². The molecule has 3 heterocycles. The van der Waals surface area contributed by atoms with Crippen molar-refractivity contribution in [3.05, 3.63) is 29.8 Å². The molecule has 4 heteroatoms. The summed E-state index contributed by atoms with van der Waals surface area (Å²) in [6, 6.07) is 9.56. The van der Waals surface area contributed by atoms with Crippen LogP contribution in [-0.2, 0) is 4.79 Å². The fourth-order valence-corrected chi connectivity index (χ4v) is 5.11. The summed E-state index contributed by atoms with van der Waals surface area (Å²) in [4.78, 5) is 19.8. The van der Waals surface area contributed by atoms with Crippen LogP contribution in [0.5, 0.6) is 0 Å². The summed E-state index contributed by atoms with van der Waals surface area (Å²) in [5.41, 5.74) is 2.61. The van der Waals surface area contributed by atoms with Gasteiger partial charge in [0.15, 0.2) is 0 Å². The lowest BCUT2D eigenvalue weighted by atomic mass is 9.78. The molecule has 1 aromatic rings. The second kappa shape index (κ2) is 6.64. The van der Waals surface area contributed by atoms with Crippen molar-refractivity contribution in [1.29, 1.82) is 0 Å². The van der Waals surface area contributed by atoms with Gasteiger partial charge >= 0.3 is 0 Å². The zero-order valence-corrected chi connectivity index (χ0v) is 15.7. The molecule has 0 saturated carbocycles. The van der Waals surface area contributed by atoms with Crippen molar-refractivity contribution in [2.24, 2.45) is 5.41 Å². The van der Waals surface area contributed by atoms with Gasteiger partial charge in [-0.1, -0.05) is 17.7 Å². The number of hydrogen-bond donors (Lipinski definition) is 0. The van der Waals surface area contributed by atoms with E-state index >= 15 is 0 Å². The molecule has 1 amide bonds. The molecule has 1 aromatic carbocycles. The van der Waals surface area contributed by atoms with E-state index in [1.54, 1.807) is 0 Å². The number of carbonyl (C=O) groups excluding carboxylic acids is 1. The van der Waals surface area contributed by atoms with Gasteiger partial charge in [0.05, 0.1) is 5.41 Å². The number of rotatable bonds is 2. The van der Waals surface area contributed by atoms with Gasteiger partial charge in [0.2, 0.25) is 5.91 Å². The van der Waals surface area contributed by atoms with Crippen LogP contribution in [0.1, 0.15) is 37.7 Å². The van der Waals surface area contributed by atoms with Crippen LogP contribution in [0, 0.1) is 12.3 Å². The maximum absolute atomic E-state index is 12.7. The predicted octanol–water partition coefficient (Wildman–Crippen LogP) is 2.91. The van der Waals surface area contributed by atoms with Crippen molar-refractivity contribution in [3.8, 4) is 0 Å². The Morgan fingerprint density at radius 2 is 1.72 bits per heavy atom. The molecule has 4 rings (SSSR count). The first-order valence-corrected chi connectivity index (χ1v) is 9.89. The highest BCUT2D eigenvalue weighted by molar-refractivity contribution is 5.83. The average molecular weight is 341 g/mol. The summed E-state index contributed by atoms with van der Waals surface area (Å²) in [6.45, 7) is 7.44. The molecule has 3 fully saturated rings. The van der Waals surface area contributed by atoms with E-state index in [0.717, 1.165) is 45.6 Å². The fourth-order valence-electron chi connectivity index (χ4n) is 5.11. The van der Waals surface area contributed by atoms with Crippen LogP contribution in [0.2, 0.25) is 0 Å². The first-order chi connectivity index (χ1) is 12.1. The Kier molecular flexibility index (Phi) is 4.48. The van der Waals surface area contributed by atoms with Gasteiger partial charge in [-0.05, 0) is 57.7 Å². The van der Waals surface area contributed by atoms with Crippen LogP contribution in [0.3, 0.4) is 0 Å². The summed E-state index contributed by atoms with van der Waals surface area (Å²) in [6.07, 6.45) is 5.76. The van der Waals surface area contributed by atoms with Gasteiger partial charge in [0.25, 0.3) is 0 Å². The largest absolute Gasteiger partial charge is 0.371 e. The van der Waals surface area contributed by atoms with E-state index in [0.29, 0.717) is 11.9 Å². The Bertz CT molecular complexity index is 621. The number of anilines is 1. The molecule has 0 aliphatic carbocycles. The van der Waals surface area contributed by atoms with Crippen molar-refractivity contribution in [1.82, 2.24) is 9.80 Å². The zero-order chi connectivity index (χ0) is 17.4. The Hall–Kier alpha value is -1.55. The number of hydrogen-bond acceptors (Lipinski definition) is 3. The number of benzene rings is 1. The van der Waals surface area contributed by atoms with E-state index in [4.69, 9.17) is 0 Å². The fraction of sp³-hybridized carbons (Fsp3) is 0.667. The van der Waals surface area contributed by atoms with E-state index in [1.807, 2.05) is 11.9 Å². The Balaban J connectivity index is 1.36. The van der Waals surface area contributed by atoms with Crippen molar-refractivity contribution in [3.63, 3.8) is 0 Å². The maximum Gasteiger partial charge on any atom is 0.229 e. The second-order valence-corrected chi connectivity index (χ2v) is 8.38. The van der Waals surface area contributed by atoms with Crippen molar-refractivity contribution < 1.29 is 4.79 Å². The average Bonchev–Trinajstić information content (AvgIpc) is 3.06. The first kappa shape index (κ1) is 16.9. The van der Waals surface area contributed by atoms with Crippen LogP contribution in [-0.4, -0.2) is 61.5 Å². The third-order valence-electron chi connectivity index (χ3n) is 6.71. The van der Waals surface area contributed by atoms with Crippen molar-refractivity contribution in [2.75, 3.05) is 44.7 Å². The number of piperidine rings is 2. The van der Waals surface area contributed by atoms with Crippen LogP contribution in [0.25, 0.3) is 0 Å². The highest BCUT2D eigenvalue weighted by atomic mass is 16.2. The smallest absolute Gasteiger partial charge is 0.229 e. The van der Waals surface area contributed by atoms with E-state index in [1.165, 1.54) is 30.5 Å². The molecule has 1 spiro atoms. The SMILES string of the molecule is Cc1ccc(N2CCC(N3CCC4(CCCN(C)C4=O)C3)CC2)cc1. The molecular weight excluding hydrogens is 310 g/mol. The third kappa shape index (κ3) is 3.17. The van der Waals surface area contributed by atoms with Gasteiger partial charge in [-0.2, -0.15) is 0 Å². The van der Waals surface area contributed by atoms with Crippen LogP contribution in [0.4, 0.5) is 5.69 Å². The highest BCUT2D eigenvalue weighted by Crippen LogP contribution is 2.41. The summed E-state index contributed by atoms with van der Waals surface area (Å²) < 4.78 is 0. The molecule has 0 bridgehead atoms. The molecule has 1 atom stereocenters. The predicted molar refractivity (Wildman–Crippen MR) is 102 cm³/mol. The Labute approximate surface area is 151 Å². The minimum absolute atomic E-state index is 0.0684. The van der Waals surface area contributed by atoms with E-state index in [2.05, 4.69) is 41.0 Å². The maximum atomic E-state index is 12.7. The topological polar surface area (TPSA) is 26.8 Å². The Morgan fingerprint density at radius 1 is 1.00 bits per heavy atom. The van der Waals surface area contributed by atoms with Gasteiger partial charge in [-0.25, -0.2) is 0 Å². The molecular formula is C21H31N3O. The molecule has 0 aromatic heterocycles. The minimum Gasteiger partial charge on any atom is -0.371 e. The van der Waals surface area contributed by atoms with Gasteiger partial charge in [0, 0.05) is 45.0 Å². The first-order valence-electron chi connectivity index (χ1n) is 9.89. The lowest BCUT2D eigenvalue weighted by Crippen LogP contribution is -2.50. The standard InChI is InChI=1S/C21H31N3O/c1-17-4-6-18(7-5-17)23-13-8-19(9-14-23)24-15-11-21(16-24)10-3-12-22(2)20(21)25/h4-7,19H,3,8-16H2,1-2H3. The summed E-state index contributed by atoms with van der Waals surface area (Å²) in [5.74, 6) is 0.401. The molecule has 3 aliphatic rings. The monoisotopic (exact) mass is 341 g/mol. The molecule has 3 aliphatic heterocycles. The van der Waals surface area contributed by atoms with Gasteiger partial charge in [-0.3, -0.25) is 9.69 Å². The molecule has 0 N–H and O–H groups in total. The van der Waals surface area contributed by atoms with Gasteiger partial charge in [-0.15, -0.1) is 0 Å².